The van der Waals surface area contributed by atoms with Gasteiger partial charge in [0, 0.05) is 46.8 Å². The Labute approximate surface area is 745 Å². The molecule has 6 fully saturated rings. The van der Waals surface area contributed by atoms with Crippen molar-refractivity contribution >= 4 is 151 Å². The first kappa shape index (κ1) is 104. The van der Waals surface area contributed by atoms with Crippen molar-refractivity contribution < 1.29 is 121 Å². The number of hydrogen-bond acceptors (Lipinski definition) is 25. The Morgan fingerprint density at radius 1 is 0.619 bits per heavy atom. The molecule has 2 aromatic heterocycles. The number of alkyl halides is 6. The molecule has 2 saturated heterocycles. The van der Waals surface area contributed by atoms with Crippen LogP contribution < -0.4 is 51.9 Å². The summed E-state index contributed by atoms with van der Waals surface area (Å²) in [4.78, 5) is 129. The van der Waals surface area contributed by atoms with Gasteiger partial charge in [0.1, 0.15) is 83.0 Å². The Morgan fingerprint density at radius 3 is 1.53 bits per heavy atom. The van der Waals surface area contributed by atoms with Gasteiger partial charge in [-0.2, -0.15) is 51.6 Å². The van der Waals surface area contributed by atoms with E-state index < -0.39 is 191 Å². The van der Waals surface area contributed by atoms with Crippen molar-refractivity contribution in [2.45, 2.75) is 257 Å². The Kier molecular flexibility index (Phi) is 33.6. The molecule has 11 rings (SSSR count). The molecule has 3 aromatic carbocycles. The van der Waals surface area contributed by atoms with Gasteiger partial charge in [-0.1, -0.05) is 127 Å². The third-order valence-corrected chi connectivity index (χ3v) is 24.1. The highest BCUT2D eigenvalue weighted by Gasteiger charge is 2.64. The minimum absolute atomic E-state index is 0. The van der Waals surface area contributed by atoms with Crippen LogP contribution in [0.25, 0.3) is 21.8 Å². The molecule has 46 heteroatoms. The van der Waals surface area contributed by atoms with Gasteiger partial charge in [0.2, 0.25) is 23.6 Å². The van der Waals surface area contributed by atoms with E-state index in [1.165, 1.54) is 41.2 Å². The molecule has 702 valence electrons. The topological polar surface area (TPSA) is 466 Å². The number of amides is 7. The normalized spacial score (nSPS) is 21.8. The molecule has 0 radical (unpaired) electrons. The molecular formula is C80H109BrCl2F6N12O22S3. The van der Waals surface area contributed by atoms with E-state index >= 15 is 0 Å². The van der Waals surface area contributed by atoms with Gasteiger partial charge in [-0.15, -0.1) is 0 Å². The number of nitrogens with one attached hydrogen (secondary N) is 8. The highest BCUT2D eigenvalue weighted by molar-refractivity contribution is 9.10. The first-order valence-corrected chi connectivity index (χ1v) is 45.5. The fourth-order valence-electron chi connectivity index (χ4n) is 13.6. The van der Waals surface area contributed by atoms with Gasteiger partial charge in [-0.25, -0.2) is 29.2 Å². The Balaban J connectivity index is 0.000000271. The lowest BCUT2D eigenvalue weighted by Gasteiger charge is -2.36. The molecule has 126 heavy (non-hydrogen) atoms. The van der Waals surface area contributed by atoms with Gasteiger partial charge >= 0.3 is 51.1 Å². The van der Waals surface area contributed by atoms with Crippen LogP contribution in [0.15, 0.2) is 87.0 Å². The second kappa shape index (κ2) is 40.6. The average molecular weight is 1950 g/mol. The average Bonchev–Trinajstić information content (AvgIpc) is 1.57. The standard InChI is InChI=1S/C36H48ClF3N6O9S.C29H42BrN3O9S.C11H8ClF3N2O.C3H7NO3S.CH4/c1-8-19-16-35(19,31(49)45-56(51,52)55-20-12-13-20)44-29(47)24-14-21(17-46(24)30(48)28(33(2,3)4)43-32(50)54-34(5,6)7)53-25-15-26(41-18-36(38,39)40)42-27-22(25)10-9-11-23(27)37;1-9-17-15-29(17,25(36)40-8)32-23(34)21-14-19(42-43(38,39)20-12-10-18(30)11-13-20)16-33(21)24(35)22(27(2,3)4)31-26(37)41-28(5,6)7;12-7-3-1-2-6-8(18)4-9(17-10(6)7)16-5-11(13,14)15;4-8(5,6)7-3-1-2-3;/h9-11,15,19-21,24,28H,8,12-14,16-18H2,1-7H3,(H,41,42)(H,43,50)(H,44,47)(H,45,49);10-13,17,19,21-22H,9,14-16H2,1-8H3,(H,31,37)(H,32,34);1-4H,5H2,(H2,16,17,18);3H,1-2H2,(H2,4,5,6);1H4/t19-,21-,24+,28-,35-;17-,19+,21+,22-,29-;;;/m11.../s1. The van der Waals surface area contributed by atoms with Crippen LogP contribution in [0.3, 0.4) is 0 Å². The summed E-state index contributed by atoms with van der Waals surface area (Å²) in [6.07, 6.45) is -9.45. The first-order chi connectivity index (χ1) is 57.5. The number of esters is 1. The highest BCUT2D eigenvalue weighted by atomic mass is 79.9. The molecule has 34 nitrogen and oxygen atoms in total. The number of methoxy groups -OCH3 is 1. The number of fused-ring (bicyclic) bond motifs is 2. The van der Waals surface area contributed by atoms with Crippen molar-refractivity contribution in [1.82, 2.24) is 45.8 Å². The zero-order chi connectivity index (χ0) is 93.7. The van der Waals surface area contributed by atoms with Crippen molar-refractivity contribution in [2.24, 2.45) is 27.8 Å². The van der Waals surface area contributed by atoms with Crippen LogP contribution in [0.1, 0.15) is 169 Å². The molecule has 0 bridgehead atoms. The number of pyridine rings is 2. The number of nitrogens with two attached hydrogens (primary N) is 1. The maximum atomic E-state index is 14.5. The Morgan fingerprint density at radius 2 is 1.08 bits per heavy atom. The first-order valence-electron chi connectivity index (χ1n) is 39.7. The lowest BCUT2D eigenvalue weighted by atomic mass is 9.85. The molecule has 7 amide bonds. The number of ether oxygens (including phenoxy) is 4. The molecule has 10 atom stereocenters. The summed E-state index contributed by atoms with van der Waals surface area (Å²) in [6, 6.07) is 12.7. The van der Waals surface area contributed by atoms with Crippen molar-refractivity contribution in [3.8, 4) is 5.75 Å². The van der Waals surface area contributed by atoms with Crippen molar-refractivity contribution in [2.75, 3.05) is 43.9 Å². The number of rotatable bonds is 26. The number of benzene rings is 3. The number of likely N-dealkylation sites (tertiary alicyclic amines) is 2. The quantitative estimate of drug-likeness (QED) is 0.0107. The molecule has 4 saturated carbocycles. The smallest absolute Gasteiger partial charge is 0.408 e. The van der Waals surface area contributed by atoms with E-state index in [1.807, 2.05) is 11.6 Å². The number of hydrogen-bond donors (Lipinski definition) is 9. The largest absolute Gasteiger partial charge is 0.488 e. The fourth-order valence-corrected chi connectivity index (χ4v) is 17.0. The van der Waals surface area contributed by atoms with Gasteiger partial charge in [0.25, 0.3) is 16.0 Å². The molecular weight excluding hydrogens is 1840 g/mol. The van der Waals surface area contributed by atoms with E-state index in [0.29, 0.717) is 52.9 Å². The van der Waals surface area contributed by atoms with E-state index in [2.05, 4.69) is 67.1 Å². The van der Waals surface area contributed by atoms with E-state index in [9.17, 15) is 94.7 Å². The van der Waals surface area contributed by atoms with Crippen molar-refractivity contribution in [3.63, 3.8) is 0 Å². The second-order valence-electron chi connectivity index (χ2n) is 35.0. The predicted molar refractivity (Wildman–Crippen MR) is 457 cm³/mol. The molecule has 2 aliphatic heterocycles. The number of aromatic amines is 1. The number of nitrogens with zero attached hydrogens (tertiary/aromatic N) is 3. The van der Waals surface area contributed by atoms with Crippen molar-refractivity contribution in [3.05, 3.63) is 97.5 Å². The minimum Gasteiger partial charge on any atom is -0.488 e. The summed E-state index contributed by atoms with van der Waals surface area (Å²) >= 11 is 15.5. The third kappa shape index (κ3) is 29.7. The maximum absolute atomic E-state index is 14.5. The molecule has 4 heterocycles. The Bertz CT molecular complexity index is 5250. The SMILES string of the molecule is C.CC[C@@H]1C[C@]1(NC(=O)[C@@H]1C[C@@H](Oc2cc(NCC(F)(F)F)nc3c(Cl)cccc23)CN1C(=O)[C@@H](NC(=O)OC(C)(C)C)C(C)(C)C)C(=O)NS(=O)(=O)OC1CC1.CC[C@@H]1C[C@]1(NC(=O)[C@@H]1C[C@H](OS(=O)(=O)c2ccc(Br)cc2)CN1C(=O)[C@@H](NC(=O)OC(C)(C)C)C(C)(C)C)C(=O)OC.NS(=O)(=O)OC1CC1.O=c1cc(NCC(F)(F)F)[nH]c2c(Cl)cccc12. The summed E-state index contributed by atoms with van der Waals surface area (Å²) < 4.78 is 187. The molecule has 5 aromatic rings. The maximum Gasteiger partial charge on any atom is 0.408 e. The third-order valence-electron chi connectivity index (χ3n) is 20.1. The number of alkyl carbamates (subject to hydrolysis) is 2. The van der Waals surface area contributed by atoms with Crippen LogP contribution in [0.5, 0.6) is 5.75 Å². The summed E-state index contributed by atoms with van der Waals surface area (Å²) in [7, 11) is -11.2. The monoisotopic (exact) mass is 1950 g/mol. The van der Waals surface area contributed by atoms with Crippen LogP contribution >= 0.6 is 39.1 Å². The van der Waals surface area contributed by atoms with Gasteiger partial charge in [-0.05, 0) is 151 Å². The molecule has 0 unspecified atom stereocenters. The van der Waals surface area contributed by atoms with Gasteiger partial charge in [-0.3, -0.25) is 41.3 Å². The minimum atomic E-state index is -4.57. The van der Waals surface area contributed by atoms with E-state index in [0.717, 1.165) is 18.9 Å². The van der Waals surface area contributed by atoms with Crippen LogP contribution in [-0.4, -0.2) is 209 Å². The summed E-state index contributed by atoms with van der Waals surface area (Å²) in [5.74, 6) is -5.06. The molecule has 0 spiro atoms. The number of H-pyrrole nitrogens is 1. The van der Waals surface area contributed by atoms with Crippen LogP contribution in [0.4, 0.5) is 47.6 Å². The lowest BCUT2D eigenvalue weighted by molar-refractivity contribution is -0.148. The lowest BCUT2D eigenvalue weighted by Crippen LogP contribution is -2.60. The van der Waals surface area contributed by atoms with Crippen molar-refractivity contribution in [1.29, 1.82) is 0 Å². The van der Waals surface area contributed by atoms with E-state index in [1.54, 1.807) is 132 Å². The van der Waals surface area contributed by atoms with Crippen LogP contribution in [0, 0.1) is 22.7 Å². The zero-order valence-corrected chi connectivity index (χ0v) is 76.7. The van der Waals surface area contributed by atoms with Crippen LogP contribution in [0.2, 0.25) is 10.0 Å². The van der Waals surface area contributed by atoms with E-state index in [-0.39, 0.29) is 89.6 Å². The predicted octanol–water partition coefficient (Wildman–Crippen LogP) is 11.7. The Hall–Kier alpha value is -8.63. The van der Waals surface area contributed by atoms with Gasteiger partial charge in [0.05, 0.1) is 57.9 Å². The molecule has 6 aliphatic rings. The van der Waals surface area contributed by atoms with Gasteiger partial charge in [0.15, 0.2) is 5.43 Å². The summed E-state index contributed by atoms with van der Waals surface area (Å²) in [5.41, 5.74) is -6.27. The number of para-hydroxylation sites is 2. The molecule has 4 aliphatic carbocycles. The number of aromatic nitrogens is 2. The number of halogens is 9. The second-order valence-corrected chi connectivity index (χ2v) is 40.8. The molecule has 10 N–H and O–H groups in total. The summed E-state index contributed by atoms with van der Waals surface area (Å²) in [5, 5.41) is 20.7. The summed E-state index contributed by atoms with van der Waals surface area (Å²) in [6.45, 7) is 20.9. The zero-order valence-electron chi connectivity index (χ0n) is 71.1. The highest BCUT2D eigenvalue weighted by Crippen LogP contribution is 2.49. The van der Waals surface area contributed by atoms with E-state index in [4.69, 9.17) is 50.5 Å². The number of carbonyl (C=O) groups excluding carboxylic acids is 8. The number of anilines is 2. The van der Waals surface area contributed by atoms with Crippen LogP contribution in [-0.2, 0) is 86.3 Å². The van der Waals surface area contributed by atoms with Gasteiger partial charge < -0.3 is 65.6 Å². The number of carbonyl (C=O) groups is 8. The fraction of sp³-hybridized carbons (Fsp3) is 0.600.